The fourth-order valence-corrected chi connectivity index (χ4v) is 9.98. The molecule has 0 saturated heterocycles. The third kappa shape index (κ3) is 5.36. The van der Waals surface area contributed by atoms with Crippen LogP contribution in [0.5, 0.6) is 97.7 Å². The van der Waals surface area contributed by atoms with E-state index in [1.54, 1.807) is 18.2 Å². The number of anilines is 2. The molecule has 0 amide bonds. The highest BCUT2D eigenvalue weighted by Gasteiger charge is 2.52. The Morgan fingerprint density at radius 3 is 1.14 bits per heavy atom. The minimum Gasteiger partial charge on any atom is -0.508 e. The van der Waals surface area contributed by atoms with E-state index in [-0.39, 0.29) is 5.69 Å². The molecule has 8 aromatic rings. The molecular weight excluding hydrogens is 897 g/mol. The molecule has 2 aliphatic rings. The number of phenols is 17. The predicted octanol–water partition coefficient (Wildman–Crippen LogP) is 6.49. The van der Waals surface area contributed by atoms with E-state index < -0.39 is 149 Å². The zero-order valence-corrected chi connectivity index (χ0v) is 35.0. The van der Waals surface area contributed by atoms with Crippen LogP contribution in [0.25, 0.3) is 44.5 Å². The molecule has 0 fully saturated rings. The van der Waals surface area contributed by atoms with E-state index in [1.807, 2.05) is 66.7 Å². The first-order valence-corrected chi connectivity index (χ1v) is 20.4. The van der Waals surface area contributed by atoms with Gasteiger partial charge in [-0.15, -0.1) is 0 Å². The van der Waals surface area contributed by atoms with Gasteiger partial charge in [0.2, 0.25) is 23.0 Å². The van der Waals surface area contributed by atoms with Gasteiger partial charge in [0.05, 0.1) is 39.8 Å². The van der Waals surface area contributed by atoms with Crippen LogP contribution in [0.3, 0.4) is 0 Å². The van der Waals surface area contributed by atoms with Crippen LogP contribution in [-0.2, 0) is 12.0 Å². The largest absolute Gasteiger partial charge is 0.508 e. The van der Waals surface area contributed by atoms with Crippen molar-refractivity contribution < 1.29 is 86.8 Å². The lowest BCUT2D eigenvalue weighted by Gasteiger charge is -2.32. The van der Waals surface area contributed by atoms with Crippen LogP contribution in [0.4, 0.5) is 11.4 Å². The van der Waals surface area contributed by atoms with Gasteiger partial charge in [0.25, 0.3) is 0 Å². The van der Waals surface area contributed by atoms with E-state index in [0.29, 0.717) is 16.7 Å². The molecule has 17 N–H and O–H groups in total. The summed E-state index contributed by atoms with van der Waals surface area (Å²) in [7, 11) is 5.72. The quantitative estimate of drug-likeness (QED) is 0.0481. The summed E-state index contributed by atoms with van der Waals surface area (Å²) < 4.78 is 0. The van der Waals surface area contributed by atoms with Crippen LogP contribution >= 0.6 is 0 Å². The van der Waals surface area contributed by atoms with Gasteiger partial charge < -0.3 is 91.7 Å². The van der Waals surface area contributed by atoms with Gasteiger partial charge in [-0.3, -0.25) is 0 Å². The third-order valence-electron chi connectivity index (χ3n) is 13.0. The standard InChI is InChI=1S/C50H34BNO17/c51-31-35(55)27(40(60)46(66)43(31)63)28-38(58)44(64)32(45(65)39(28)59)52(16-20-33(53)36(56)29(37(57)34(20)54)30-41(61)47(67)49(69)48(68)42(30)62)25-15-7-14-24-26(25)19-10-3-6-13-23(19)50(24)21-11-4-1-8-17(21)18-9-2-5-12-22(18)50/h1-15,53-69H,16H2. The van der Waals surface area contributed by atoms with Crippen molar-refractivity contribution in [1.82, 2.24) is 0 Å². The Hall–Kier alpha value is -9.78. The highest BCUT2D eigenvalue weighted by Crippen LogP contribution is 2.67. The van der Waals surface area contributed by atoms with Crippen molar-refractivity contribution in [3.05, 3.63) is 119 Å². The van der Waals surface area contributed by atoms with Crippen LogP contribution in [0, 0.1) is 0 Å². The van der Waals surface area contributed by atoms with Gasteiger partial charge in [0.1, 0.15) is 19.3 Å². The number of rotatable bonds is 6. The summed E-state index contributed by atoms with van der Waals surface area (Å²) in [4.78, 5) is 0.943. The number of aromatic hydroxyl groups is 17. The monoisotopic (exact) mass is 931 g/mol. The lowest BCUT2D eigenvalue weighted by atomic mass is 9.70. The maximum atomic E-state index is 12.1. The first kappa shape index (κ1) is 43.1. The molecule has 0 heterocycles. The average Bonchev–Trinajstić information content (AvgIpc) is 3.83. The van der Waals surface area contributed by atoms with E-state index in [1.165, 1.54) is 6.07 Å². The minimum absolute atomic E-state index is 0.0291. The fraction of sp³-hybridized carbons (Fsp3) is 0.0400. The summed E-state index contributed by atoms with van der Waals surface area (Å²) in [6, 6.07) is 27.5. The van der Waals surface area contributed by atoms with Crippen LogP contribution in [0.1, 0.15) is 27.8 Å². The Balaban J connectivity index is 1.29. The van der Waals surface area contributed by atoms with Crippen LogP contribution in [0.15, 0.2) is 91.0 Å². The van der Waals surface area contributed by atoms with Gasteiger partial charge in [-0.05, 0) is 50.5 Å². The maximum Gasteiger partial charge on any atom is 0.208 e. The number of hydrogen-bond acceptors (Lipinski definition) is 18. The van der Waals surface area contributed by atoms with Gasteiger partial charge in [-0.25, -0.2) is 0 Å². The van der Waals surface area contributed by atoms with Crippen molar-refractivity contribution in [2.24, 2.45) is 0 Å². The van der Waals surface area contributed by atoms with Gasteiger partial charge in [0, 0.05) is 11.3 Å². The molecule has 2 aliphatic carbocycles. The van der Waals surface area contributed by atoms with Crippen molar-refractivity contribution >= 4 is 24.7 Å². The van der Waals surface area contributed by atoms with Gasteiger partial charge in [-0.1, -0.05) is 84.9 Å². The molecule has 0 saturated carbocycles. The van der Waals surface area contributed by atoms with Gasteiger partial charge in [0.15, 0.2) is 69.0 Å². The Morgan fingerprint density at radius 2 is 0.667 bits per heavy atom. The molecule has 0 bridgehead atoms. The van der Waals surface area contributed by atoms with Crippen molar-refractivity contribution in [2.75, 3.05) is 4.90 Å². The highest BCUT2D eigenvalue weighted by atomic mass is 16.4. The van der Waals surface area contributed by atoms with Crippen molar-refractivity contribution in [1.29, 1.82) is 0 Å². The van der Waals surface area contributed by atoms with Crippen molar-refractivity contribution in [3.63, 3.8) is 0 Å². The third-order valence-corrected chi connectivity index (χ3v) is 13.0. The molecule has 8 aromatic carbocycles. The smallest absolute Gasteiger partial charge is 0.208 e. The predicted molar refractivity (Wildman–Crippen MR) is 246 cm³/mol. The zero-order valence-electron chi connectivity index (χ0n) is 35.0. The second-order valence-corrected chi connectivity index (χ2v) is 16.3. The lowest BCUT2D eigenvalue weighted by Crippen LogP contribution is -2.26. The number of phenolic OH excluding ortho intramolecular Hbond substituents is 17. The van der Waals surface area contributed by atoms with E-state index in [0.717, 1.165) is 32.7 Å². The van der Waals surface area contributed by atoms with E-state index >= 15 is 0 Å². The van der Waals surface area contributed by atoms with E-state index in [4.69, 9.17) is 7.85 Å². The van der Waals surface area contributed by atoms with Crippen molar-refractivity contribution in [2.45, 2.75) is 12.0 Å². The highest BCUT2D eigenvalue weighted by molar-refractivity contribution is 6.37. The summed E-state index contributed by atoms with van der Waals surface area (Å²) in [5.74, 6) is -23.4. The van der Waals surface area contributed by atoms with Crippen molar-refractivity contribution in [3.8, 4) is 142 Å². The lowest BCUT2D eigenvalue weighted by molar-refractivity contribution is 0.328. The number of fused-ring (bicyclic) bond motifs is 10. The van der Waals surface area contributed by atoms with Crippen LogP contribution in [-0.4, -0.2) is 94.7 Å². The van der Waals surface area contributed by atoms with Crippen LogP contribution in [0.2, 0.25) is 0 Å². The Kier molecular flexibility index (Phi) is 9.14. The van der Waals surface area contributed by atoms with E-state index in [2.05, 4.69) is 0 Å². The Morgan fingerprint density at radius 1 is 0.319 bits per heavy atom. The first-order valence-electron chi connectivity index (χ1n) is 20.4. The normalized spacial score (nSPS) is 12.7. The van der Waals surface area contributed by atoms with Gasteiger partial charge in [-0.2, -0.15) is 0 Å². The summed E-state index contributed by atoms with van der Waals surface area (Å²) in [6.45, 7) is -1.08. The molecule has 0 aliphatic heterocycles. The average molecular weight is 932 g/mol. The fourth-order valence-electron chi connectivity index (χ4n) is 9.98. The zero-order chi connectivity index (χ0) is 49.4. The molecule has 0 unspecified atom stereocenters. The molecule has 0 aromatic heterocycles. The summed E-state index contributed by atoms with van der Waals surface area (Å²) in [5.41, 5.74) is -2.60. The van der Waals surface area contributed by atoms with E-state index in [9.17, 15) is 86.8 Å². The maximum absolute atomic E-state index is 12.1. The SMILES string of the molecule is [B]c1c(O)c(O)c(O)c(-c2c(O)c(O)c(N(Cc3c(O)c(O)c(-c4c(O)c(O)c(O)c(O)c4O)c(O)c3O)c3cccc4c3-c3ccccc3C43c4ccccc4-c4ccccc43)c(O)c2O)c1O. The Bertz CT molecular complexity index is 3450. The second-order valence-electron chi connectivity index (χ2n) is 16.3. The summed E-state index contributed by atoms with van der Waals surface area (Å²) in [5, 5.41) is 189. The molecule has 2 radical (unpaired) electrons. The molecule has 18 nitrogen and oxygen atoms in total. The number of benzene rings is 8. The minimum atomic E-state index is -1.45. The van der Waals surface area contributed by atoms with Gasteiger partial charge >= 0.3 is 0 Å². The molecular formula is C50H34BNO17. The van der Waals surface area contributed by atoms with Crippen LogP contribution < -0.4 is 10.4 Å². The summed E-state index contributed by atoms with van der Waals surface area (Å²) in [6.07, 6.45) is 0. The molecule has 344 valence electrons. The second kappa shape index (κ2) is 14.6. The number of nitrogens with zero attached hydrogens (tertiary/aromatic N) is 1. The molecule has 0 atom stereocenters. The topological polar surface area (TPSA) is 347 Å². The molecule has 69 heavy (non-hydrogen) atoms. The molecule has 19 heteroatoms. The number of hydrogen-bond donors (Lipinski definition) is 17. The molecule has 10 rings (SSSR count). The molecule has 1 spiro atoms. The summed E-state index contributed by atoms with van der Waals surface area (Å²) >= 11 is 0. The Labute approximate surface area is 388 Å². The first-order chi connectivity index (χ1) is 32.8.